The lowest BCUT2D eigenvalue weighted by Crippen LogP contribution is -2.43. The summed E-state index contributed by atoms with van der Waals surface area (Å²) in [5.74, 6) is 0.752. The van der Waals surface area contributed by atoms with Crippen molar-refractivity contribution in [1.82, 2.24) is 0 Å². The average Bonchev–Trinajstić information content (AvgIpc) is 2.57. The van der Waals surface area contributed by atoms with Gasteiger partial charge in [0, 0.05) is 5.75 Å². The van der Waals surface area contributed by atoms with Gasteiger partial charge in [-0.2, -0.15) is 0 Å². The monoisotopic (exact) mass is 307 g/mol. The van der Waals surface area contributed by atoms with Gasteiger partial charge in [-0.3, -0.25) is 11.1 Å². The Balaban J connectivity index is 2.22. The molecular weight excluding hydrogens is 283 g/mol. The Labute approximate surface area is 131 Å². The Bertz CT molecular complexity index is 545. The topological polar surface area (TPSA) is 70.1 Å². The summed E-state index contributed by atoms with van der Waals surface area (Å²) >= 11 is 1.44. The molecular formula is C15H24BN2O2S+. The Hall–Kier alpha value is -0.975. The first-order valence-corrected chi connectivity index (χ1v) is 8.07. The summed E-state index contributed by atoms with van der Waals surface area (Å²) in [5.41, 5.74) is 8.32. The highest BCUT2D eigenvalue weighted by molar-refractivity contribution is 8.12. The van der Waals surface area contributed by atoms with Crippen LogP contribution in [0, 0.1) is 6.92 Å². The zero-order valence-electron chi connectivity index (χ0n) is 13.4. The molecule has 1 fully saturated rings. The number of hydrogen-bond donors (Lipinski definition) is 2. The molecule has 1 aliphatic heterocycles. The van der Waals surface area contributed by atoms with Crippen LogP contribution in [-0.2, 0) is 15.1 Å². The molecule has 4 N–H and O–H groups in total. The van der Waals surface area contributed by atoms with Gasteiger partial charge < -0.3 is 9.31 Å². The minimum atomic E-state index is -0.335. The number of aryl methyl sites for hydroxylation is 1. The molecule has 0 spiro atoms. The van der Waals surface area contributed by atoms with Crippen LogP contribution in [0.5, 0.6) is 0 Å². The van der Waals surface area contributed by atoms with Gasteiger partial charge in [0.05, 0.1) is 11.2 Å². The van der Waals surface area contributed by atoms with Crippen molar-refractivity contribution in [3.05, 3.63) is 29.3 Å². The Morgan fingerprint density at radius 3 is 2.33 bits per heavy atom. The van der Waals surface area contributed by atoms with Crippen molar-refractivity contribution in [2.45, 2.75) is 51.6 Å². The molecule has 1 aromatic rings. The van der Waals surface area contributed by atoms with Gasteiger partial charge in [0.15, 0.2) is 0 Å². The van der Waals surface area contributed by atoms with E-state index in [2.05, 4.69) is 52.8 Å². The Morgan fingerprint density at radius 2 is 1.81 bits per heavy atom. The molecule has 2 rings (SSSR count). The van der Waals surface area contributed by atoms with Crippen LogP contribution in [-0.4, -0.2) is 23.5 Å². The van der Waals surface area contributed by atoms with Crippen molar-refractivity contribution in [2.24, 2.45) is 5.73 Å². The van der Waals surface area contributed by atoms with Crippen LogP contribution >= 0.6 is 11.8 Å². The van der Waals surface area contributed by atoms with Crippen LogP contribution in [0.1, 0.15) is 38.8 Å². The lowest BCUT2D eigenvalue weighted by atomic mass is 9.78. The number of benzene rings is 1. The van der Waals surface area contributed by atoms with Crippen molar-refractivity contribution in [2.75, 3.05) is 0 Å². The summed E-state index contributed by atoms with van der Waals surface area (Å²) in [6, 6.07) is 6.26. The summed E-state index contributed by atoms with van der Waals surface area (Å²) in [6.07, 6.45) is 0. The minimum Gasteiger partial charge on any atom is -0.399 e. The second-order valence-electron chi connectivity index (χ2n) is 6.47. The smallest absolute Gasteiger partial charge is 0.399 e. The van der Waals surface area contributed by atoms with Crippen LogP contribution in [0.25, 0.3) is 0 Å². The zero-order valence-corrected chi connectivity index (χ0v) is 14.2. The Kier molecular flexibility index (Phi) is 4.43. The molecule has 0 bridgehead atoms. The molecule has 0 amide bonds. The molecule has 0 saturated carbocycles. The molecule has 1 aromatic carbocycles. The van der Waals surface area contributed by atoms with Crippen molar-refractivity contribution in [3.63, 3.8) is 0 Å². The van der Waals surface area contributed by atoms with E-state index in [0.29, 0.717) is 5.17 Å². The molecule has 1 heterocycles. The molecule has 0 radical (unpaired) electrons. The molecule has 0 unspecified atom stereocenters. The van der Waals surface area contributed by atoms with E-state index in [9.17, 15) is 0 Å². The van der Waals surface area contributed by atoms with E-state index >= 15 is 0 Å². The molecule has 0 aliphatic carbocycles. The number of amidine groups is 1. The van der Waals surface area contributed by atoms with Crippen molar-refractivity contribution < 1.29 is 14.7 Å². The first-order chi connectivity index (χ1) is 9.62. The fourth-order valence-corrected chi connectivity index (χ4v) is 2.77. The van der Waals surface area contributed by atoms with Gasteiger partial charge in [-0.1, -0.05) is 18.2 Å². The summed E-state index contributed by atoms with van der Waals surface area (Å²) in [7, 11) is -0.335. The van der Waals surface area contributed by atoms with Crippen molar-refractivity contribution in [3.8, 4) is 0 Å². The van der Waals surface area contributed by atoms with E-state index < -0.39 is 0 Å². The molecule has 0 atom stereocenters. The van der Waals surface area contributed by atoms with Crippen LogP contribution in [0.4, 0.5) is 0 Å². The number of thioether (sulfide) groups is 1. The fraction of sp³-hybridized carbons (Fsp3) is 0.533. The lowest BCUT2D eigenvalue weighted by Gasteiger charge is -2.32. The highest BCUT2D eigenvalue weighted by Gasteiger charge is 2.51. The molecule has 114 valence electrons. The number of nitrogens with two attached hydrogens (primary N) is 2. The Morgan fingerprint density at radius 1 is 1.24 bits per heavy atom. The highest BCUT2D eigenvalue weighted by atomic mass is 32.2. The van der Waals surface area contributed by atoms with Crippen LogP contribution < -0.4 is 16.6 Å². The van der Waals surface area contributed by atoms with E-state index in [1.54, 1.807) is 0 Å². The van der Waals surface area contributed by atoms with Crippen molar-refractivity contribution >= 4 is 29.5 Å². The van der Waals surface area contributed by atoms with Gasteiger partial charge in [-0.05, 0) is 63.0 Å². The third kappa shape index (κ3) is 3.44. The maximum Gasteiger partial charge on any atom is 0.494 e. The minimum absolute atomic E-state index is 0.326. The van der Waals surface area contributed by atoms with Crippen LogP contribution in [0.2, 0.25) is 0 Å². The van der Waals surface area contributed by atoms with E-state index in [-0.39, 0.29) is 18.3 Å². The van der Waals surface area contributed by atoms with E-state index in [1.165, 1.54) is 22.9 Å². The first-order valence-electron chi connectivity index (χ1n) is 7.08. The summed E-state index contributed by atoms with van der Waals surface area (Å²) < 4.78 is 12.2. The van der Waals surface area contributed by atoms with E-state index in [4.69, 9.17) is 20.5 Å². The quantitative estimate of drug-likeness (QED) is 0.487. The van der Waals surface area contributed by atoms with Gasteiger partial charge >= 0.3 is 7.12 Å². The lowest BCUT2D eigenvalue weighted by molar-refractivity contribution is -0.110. The normalized spacial score (nSPS) is 19.8. The largest absolute Gasteiger partial charge is 0.494 e. The predicted octanol–water partition coefficient (Wildman–Crippen LogP) is 0.601. The standard InChI is InChI=1S/C15H23BN2O2S/c1-10-6-7-12(8-11(10)9-21-13(17)18)16-19-14(2,3)15(4,5)20-16/h6-8H,9H2,1-5H3,(H3,17,18)/p+1. The van der Waals surface area contributed by atoms with Gasteiger partial charge in [0.1, 0.15) is 0 Å². The van der Waals surface area contributed by atoms with Gasteiger partial charge in [-0.25, -0.2) is 0 Å². The third-order valence-electron chi connectivity index (χ3n) is 4.29. The molecule has 1 saturated heterocycles. The van der Waals surface area contributed by atoms with Crippen molar-refractivity contribution in [1.29, 1.82) is 0 Å². The summed E-state index contributed by atoms with van der Waals surface area (Å²) in [6.45, 7) is 10.3. The summed E-state index contributed by atoms with van der Waals surface area (Å²) in [4.78, 5) is 0. The molecule has 0 aromatic heterocycles. The highest BCUT2D eigenvalue weighted by Crippen LogP contribution is 2.36. The maximum absolute atomic E-state index is 6.09. The predicted molar refractivity (Wildman–Crippen MR) is 89.3 cm³/mol. The number of hydrogen-bond acceptors (Lipinski definition) is 3. The molecule has 21 heavy (non-hydrogen) atoms. The number of rotatable bonds is 3. The van der Waals surface area contributed by atoms with Crippen LogP contribution in [0.3, 0.4) is 0 Å². The second kappa shape index (κ2) is 5.67. The summed E-state index contributed by atoms with van der Waals surface area (Å²) in [5, 5.41) is 5.91. The molecule has 1 aliphatic rings. The van der Waals surface area contributed by atoms with Gasteiger partial charge in [-0.15, -0.1) is 0 Å². The van der Waals surface area contributed by atoms with Gasteiger partial charge in [0.2, 0.25) is 0 Å². The second-order valence-corrected chi connectivity index (χ2v) is 7.51. The SMILES string of the molecule is Cc1ccc(B2OC(C)(C)C(C)(C)O2)cc1CSC(N)=[NH2+]. The molecule has 6 heteroatoms. The average molecular weight is 307 g/mol. The van der Waals surface area contributed by atoms with Crippen LogP contribution in [0.15, 0.2) is 18.2 Å². The van der Waals surface area contributed by atoms with E-state index in [1.807, 2.05) is 0 Å². The van der Waals surface area contributed by atoms with E-state index in [0.717, 1.165) is 11.2 Å². The third-order valence-corrected chi connectivity index (χ3v) is 5.08. The molecule has 4 nitrogen and oxygen atoms in total. The zero-order chi connectivity index (χ0) is 15.8. The first kappa shape index (κ1) is 16.4. The fourth-order valence-electron chi connectivity index (χ4n) is 2.13. The van der Waals surface area contributed by atoms with Gasteiger partial charge in [0.25, 0.3) is 5.17 Å². The maximum atomic E-state index is 6.09.